The van der Waals surface area contributed by atoms with E-state index in [9.17, 15) is 4.79 Å². The van der Waals surface area contributed by atoms with Crippen LogP contribution >= 0.6 is 0 Å². The third-order valence-electron chi connectivity index (χ3n) is 5.21. The van der Waals surface area contributed by atoms with Crippen molar-refractivity contribution < 1.29 is 14.3 Å². The molecule has 0 N–H and O–H groups in total. The van der Waals surface area contributed by atoms with Crippen LogP contribution < -0.4 is 9.47 Å². The average Bonchev–Trinajstić information content (AvgIpc) is 3.07. The molecule has 0 spiro atoms. The molecule has 138 valence electrons. The van der Waals surface area contributed by atoms with Crippen LogP contribution in [0.5, 0.6) is 11.5 Å². The number of ether oxygens (including phenoxy) is 2. The second-order valence-electron chi connectivity index (χ2n) is 7.00. The Kier molecular flexibility index (Phi) is 5.82. The summed E-state index contributed by atoms with van der Waals surface area (Å²) in [5, 5.41) is 0. The van der Waals surface area contributed by atoms with Gasteiger partial charge in [-0.1, -0.05) is 30.3 Å². The fourth-order valence-electron chi connectivity index (χ4n) is 3.65. The van der Waals surface area contributed by atoms with E-state index in [0.717, 1.165) is 36.3 Å². The Balaban J connectivity index is 1.51. The molecular weight excluding hydrogens is 326 g/mol. The molecule has 0 heterocycles. The standard InChI is InChI=1S/C22H27NO3/c1-23(11-10-16-8-9-20(25-2)21(14-16)26-3)22(24)15-17-12-18-6-4-5-7-19(18)13-17/h4-9,14,17H,10-13,15H2,1-3H3. The van der Waals surface area contributed by atoms with Gasteiger partial charge in [0.1, 0.15) is 0 Å². The van der Waals surface area contributed by atoms with Crippen molar-refractivity contribution in [3.63, 3.8) is 0 Å². The Labute approximate surface area is 155 Å². The highest BCUT2D eigenvalue weighted by molar-refractivity contribution is 5.76. The number of hydrogen-bond acceptors (Lipinski definition) is 3. The number of nitrogens with zero attached hydrogens (tertiary/aromatic N) is 1. The van der Waals surface area contributed by atoms with Crippen LogP contribution in [0.2, 0.25) is 0 Å². The number of methoxy groups -OCH3 is 2. The highest BCUT2D eigenvalue weighted by atomic mass is 16.5. The fraction of sp³-hybridized carbons (Fsp3) is 0.409. The first-order valence-corrected chi connectivity index (χ1v) is 9.12. The van der Waals surface area contributed by atoms with Crippen molar-refractivity contribution in [3.05, 3.63) is 59.2 Å². The molecule has 1 aliphatic carbocycles. The number of likely N-dealkylation sites (N-methyl/N-ethyl adjacent to an activating group) is 1. The number of fused-ring (bicyclic) bond motifs is 1. The molecule has 2 aromatic carbocycles. The summed E-state index contributed by atoms with van der Waals surface area (Å²) in [6, 6.07) is 14.4. The zero-order valence-corrected chi connectivity index (χ0v) is 15.8. The molecule has 0 aromatic heterocycles. The topological polar surface area (TPSA) is 38.8 Å². The van der Waals surface area contributed by atoms with Crippen LogP contribution in [0, 0.1) is 5.92 Å². The van der Waals surface area contributed by atoms with Gasteiger partial charge in [0, 0.05) is 20.0 Å². The van der Waals surface area contributed by atoms with Crippen molar-refractivity contribution in [2.24, 2.45) is 5.92 Å². The van der Waals surface area contributed by atoms with Crippen LogP contribution in [0.4, 0.5) is 0 Å². The lowest BCUT2D eigenvalue weighted by Crippen LogP contribution is -2.30. The molecule has 0 saturated heterocycles. The number of benzene rings is 2. The molecule has 4 nitrogen and oxygen atoms in total. The highest BCUT2D eigenvalue weighted by Crippen LogP contribution is 2.29. The molecule has 2 aromatic rings. The first-order chi connectivity index (χ1) is 12.6. The molecule has 0 saturated carbocycles. The summed E-state index contributed by atoms with van der Waals surface area (Å²) >= 11 is 0. The highest BCUT2D eigenvalue weighted by Gasteiger charge is 2.24. The van der Waals surface area contributed by atoms with E-state index in [1.165, 1.54) is 11.1 Å². The van der Waals surface area contributed by atoms with Gasteiger partial charge in [0.15, 0.2) is 11.5 Å². The van der Waals surface area contributed by atoms with Crippen molar-refractivity contribution >= 4 is 5.91 Å². The van der Waals surface area contributed by atoms with E-state index in [4.69, 9.17) is 9.47 Å². The molecule has 1 amide bonds. The van der Waals surface area contributed by atoms with Crippen LogP contribution in [-0.2, 0) is 24.1 Å². The van der Waals surface area contributed by atoms with Crippen LogP contribution in [-0.4, -0.2) is 38.6 Å². The van der Waals surface area contributed by atoms with Crippen molar-refractivity contribution in [2.45, 2.75) is 25.7 Å². The third-order valence-corrected chi connectivity index (χ3v) is 5.21. The molecule has 0 fully saturated rings. The molecule has 1 aliphatic rings. The maximum atomic E-state index is 12.6. The maximum Gasteiger partial charge on any atom is 0.222 e. The lowest BCUT2D eigenvalue weighted by atomic mass is 10.0. The van der Waals surface area contributed by atoms with E-state index in [1.54, 1.807) is 14.2 Å². The van der Waals surface area contributed by atoms with Gasteiger partial charge in [-0.05, 0) is 54.0 Å². The average molecular weight is 353 g/mol. The van der Waals surface area contributed by atoms with Gasteiger partial charge < -0.3 is 14.4 Å². The summed E-state index contributed by atoms with van der Waals surface area (Å²) in [5.74, 6) is 2.11. The first-order valence-electron chi connectivity index (χ1n) is 9.12. The molecule has 0 bridgehead atoms. The Hall–Kier alpha value is -2.49. The van der Waals surface area contributed by atoms with E-state index in [2.05, 4.69) is 24.3 Å². The van der Waals surface area contributed by atoms with Gasteiger partial charge in [0.2, 0.25) is 5.91 Å². The molecule has 0 unspecified atom stereocenters. The molecule has 26 heavy (non-hydrogen) atoms. The van der Waals surface area contributed by atoms with Gasteiger partial charge in [-0.3, -0.25) is 4.79 Å². The van der Waals surface area contributed by atoms with Gasteiger partial charge in [0.25, 0.3) is 0 Å². The number of hydrogen-bond donors (Lipinski definition) is 0. The zero-order chi connectivity index (χ0) is 18.5. The summed E-state index contributed by atoms with van der Waals surface area (Å²) in [4.78, 5) is 14.4. The van der Waals surface area contributed by atoms with Gasteiger partial charge >= 0.3 is 0 Å². The van der Waals surface area contributed by atoms with Gasteiger partial charge in [-0.2, -0.15) is 0 Å². The zero-order valence-electron chi connectivity index (χ0n) is 15.8. The molecule has 3 rings (SSSR count). The number of amides is 1. The molecule has 0 radical (unpaired) electrons. The fourth-order valence-corrected chi connectivity index (χ4v) is 3.65. The largest absolute Gasteiger partial charge is 0.493 e. The van der Waals surface area contributed by atoms with Crippen molar-refractivity contribution in [3.8, 4) is 11.5 Å². The summed E-state index contributed by atoms with van der Waals surface area (Å²) in [7, 11) is 5.16. The number of carbonyl (C=O) groups is 1. The Morgan fingerprint density at radius 2 is 1.69 bits per heavy atom. The predicted octanol–water partition coefficient (Wildman–Crippen LogP) is 3.51. The first kappa shape index (κ1) is 18.3. The van der Waals surface area contributed by atoms with Crippen molar-refractivity contribution in [1.29, 1.82) is 0 Å². The second kappa shape index (κ2) is 8.26. The predicted molar refractivity (Wildman–Crippen MR) is 103 cm³/mol. The SMILES string of the molecule is COc1ccc(CCN(C)C(=O)CC2Cc3ccccc3C2)cc1OC. The van der Waals surface area contributed by atoms with E-state index >= 15 is 0 Å². The van der Waals surface area contributed by atoms with Crippen LogP contribution in [0.15, 0.2) is 42.5 Å². The minimum Gasteiger partial charge on any atom is -0.493 e. The van der Waals surface area contributed by atoms with E-state index in [0.29, 0.717) is 18.9 Å². The van der Waals surface area contributed by atoms with Gasteiger partial charge in [-0.25, -0.2) is 0 Å². The van der Waals surface area contributed by atoms with E-state index in [-0.39, 0.29) is 5.91 Å². The summed E-state index contributed by atoms with van der Waals surface area (Å²) < 4.78 is 10.6. The Morgan fingerprint density at radius 1 is 1.04 bits per heavy atom. The number of rotatable bonds is 7. The normalized spacial score (nSPS) is 13.3. The smallest absolute Gasteiger partial charge is 0.222 e. The summed E-state index contributed by atoms with van der Waals surface area (Å²) in [6.07, 6.45) is 3.46. The quantitative estimate of drug-likeness (QED) is 0.765. The second-order valence-corrected chi connectivity index (χ2v) is 7.00. The lowest BCUT2D eigenvalue weighted by Gasteiger charge is -2.19. The summed E-state index contributed by atoms with van der Waals surface area (Å²) in [5.41, 5.74) is 3.94. The number of carbonyl (C=O) groups excluding carboxylic acids is 1. The minimum absolute atomic E-state index is 0.225. The Bertz CT molecular complexity index is 747. The molecular formula is C22H27NO3. The van der Waals surface area contributed by atoms with Gasteiger partial charge in [-0.15, -0.1) is 0 Å². The molecule has 4 heteroatoms. The van der Waals surface area contributed by atoms with Crippen LogP contribution in [0.3, 0.4) is 0 Å². The van der Waals surface area contributed by atoms with Gasteiger partial charge in [0.05, 0.1) is 14.2 Å². The van der Waals surface area contributed by atoms with E-state index < -0.39 is 0 Å². The lowest BCUT2D eigenvalue weighted by molar-refractivity contribution is -0.130. The third kappa shape index (κ3) is 4.18. The van der Waals surface area contributed by atoms with Crippen LogP contribution in [0.1, 0.15) is 23.1 Å². The monoisotopic (exact) mass is 353 g/mol. The Morgan fingerprint density at radius 3 is 2.31 bits per heavy atom. The van der Waals surface area contributed by atoms with Crippen molar-refractivity contribution in [2.75, 3.05) is 27.8 Å². The summed E-state index contributed by atoms with van der Waals surface area (Å²) in [6.45, 7) is 0.702. The molecule has 0 atom stereocenters. The maximum absolute atomic E-state index is 12.6. The van der Waals surface area contributed by atoms with Crippen molar-refractivity contribution in [1.82, 2.24) is 4.90 Å². The molecule has 0 aliphatic heterocycles. The van der Waals surface area contributed by atoms with Crippen LogP contribution in [0.25, 0.3) is 0 Å². The minimum atomic E-state index is 0.225. The van der Waals surface area contributed by atoms with E-state index in [1.807, 2.05) is 30.1 Å².